The van der Waals surface area contributed by atoms with Crippen molar-refractivity contribution in [3.63, 3.8) is 0 Å². The Morgan fingerprint density at radius 1 is 1.91 bits per heavy atom. The predicted octanol–water partition coefficient (Wildman–Crippen LogP) is -0.218. The summed E-state index contributed by atoms with van der Waals surface area (Å²) in [6.07, 6.45) is 1.43. The molecule has 4 nitrogen and oxygen atoms in total. The van der Waals surface area contributed by atoms with Gasteiger partial charge in [-0.2, -0.15) is 0 Å². The average molecular weight is 153 g/mol. The summed E-state index contributed by atoms with van der Waals surface area (Å²) in [6.45, 7) is 1.95. The van der Waals surface area contributed by atoms with Crippen LogP contribution in [0.25, 0.3) is 0 Å². The molecule has 0 unspecified atom stereocenters. The first kappa shape index (κ1) is 8.10. The van der Waals surface area contributed by atoms with Crippen LogP contribution in [0, 0.1) is 11.3 Å². The maximum atomic E-state index is 10.8. The Balaban J connectivity index is 2.15. The van der Waals surface area contributed by atoms with E-state index in [1.165, 1.54) is 7.48 Å². The van der Waals surface area contributed by atoms with Gasteiger partial charge in [0.1, 0.15) is 6.40 Å². The molecule has 1 radical (unpaired) electrons. The van der Waals surface area contributed by atoms with Crippen molar-refractivity contribution in [2.75, 3.05) is 0 Å². The molecular weight excluding hydrogens is 143 g/mol. The molecular formula is C6H10BN2O2. The van der Waals surface area contributed by atoms with Crippen LogP contribution in [0.15, 0.2) is 0 Å². The first-order valence-electron chi connectivity index (χ1n) is 3.52. The van der Waals surface area contributed by atoms with Gasteiger partial charge in [0.2, 0.25) is 5.91 Å². The lowest BCUT2D eigenvalue weighted by Crippen LogP contribution is -2.56. The smallest absolute Gasteiger partial charge is 0.372 e. The summed E-state index contributed by atoms with van der Waals surface area (Å²) in [6, 6.07) is 0.244. The highest BCUT2D eigenvalue weighted by Crippen LogP contribution is 2.18. The Kier molecular flexibility index (Phi) is 2.51. The molecule has 1 aliphatic rings. The number of β-lactam (4-membered cyclic amide) rings is 1. The highest BCUT2D eigenvalue weighted by Gasteiger charge is 2.35. The summed E-state index contributed by atoms with van der Waals surface area (Å²) in [5, 5.41) is 9.25. The third kappa shape index (κ3) is 1.72. The zero-order chi connectivity index (χ0) is 8.27. The highest BCUT2D eigenvalue weighted by atomic mass is 16.4. The molecule has 1 aliphatic heterocycles. The molecule has 0 bridgehead atoms. The molecule has 11 heavy (non-hydrogen) atoms. The van der Waals surface area contributed by atoms with Gasteiger partial charge in [-0.15, -0.1) is 0 Å². The van der Waals surface area contributed by atoms with E-state index in [4.69, 9.17) is 5.41 Å². The Morgan fingerprint density at radius 2 is 2.64 bits per heavy atom. The number of carbonyl (C=O) groups excluding carboxylic acids is 1. The summed E-state index contributed by atoms with van der Waals surface area (Å²) in [5.74, 6) is 0.109. The Hall–Kier alpha value is -0.995. The first-order valence-corrected chi connectivity index (χ1v) is 3.52. The van der Waals surface area contributed by atoms with Crippen LogP contribution >= 0.6 is 0 Å². The normalized spacial score (nSPS) is 28.3. The average Bonchev–Trinajstić information content (AvgIpc) is 1.98. The van der Waals surface area contributed by atoms with Gasteiger partial charge in [0.05, 0.1) is 5.92 Å². The molecule has 0 saturated carbocycles. The second kappa shape index (κ2) is 3.41. The van der Waals surface area contributed by atoms with E-state index in [0.717, 1.165) is 6.40 Å². The van der Waals surface area contributed by atoms with Crippen LogP contribution in [-0.4, -0.2) is 25.8 Å². The van der Waals surface area contributed by atoms with Crippen molar-refractivity contribution in [1.29, 1.82) is 5.41 Å². The second-order valence-electron chi connectivity index (χ2n) is 2.56. The molecule has 0 aliphatic carbocycles. The van der Waals surface area contributed by atoms with E-state index in [2.05, 4.69) is 9.97 Å². The molecule has 0 aromatic rings. The van der Waals surface area contributed by atoms with Crippen LogP contribution in [0.5, 0.6) is 0 Å². The molecule has 1 heterocycles. The molecule has 1 amide bonds. The summed E-state index contributed by atoms with van der Waals surface area (Å²) >= 11 is 0. The number of carbonyl (C=O) groups is 1. The van der Waals surface area contributed by atoms with Crippen LogP contribution in [0.4, 0.5) is 0 Å². The molecule has 2 atom stereocenters. The molecule has 0 aromatic carbocycles. The van der Waals surface area contributed by atoms with E-state index in [1.54, 1.807) is 0 Å². The molecule has 1 saturated heterocycles. The Morgan fingerprint density at radius 3 is 3.09 bits per heavy atom. The topological polar surface area (TPSA) is 62.2 Å². The van der Waals surface area contributed by atoms with E-state index >= 15 is 0 Å². The van der Waals surface area contributed by atoms with Crippen molar-refractivity contribution in [2.24, 2.45) is 5.92 Å². The molecule has 0 spiro atoms. The fourth-order valence-corrected chi connectivity index (χ4v) is 1.08. The minimum atomic E-state index is 0.0370. The lowest BCUT2D eigenvalue weighted by atomic mass is 9.77. The summed E-state index contributed by atoms with van der Waals surface area (Å²) in [4.78, 5) is 10.8. The fraction of sp³-hybridized carbons (Fsp3) is 0.667. The van der Waals surface area contributed by atoms with Crippen molar-refractivity contribution < 1.29 is 9.45 Å². The van der Waals surface area contributed by atoms with Crippen molar-refractivity contribution in [3.05, 3.63) is 0 Å². The summed E-state index contributed by atoms with van der Waals surface area (Å²) < 4.78 is 4.57. The minimum absolute atomic E-state index is 0.0370. The highest BCUT2D eigenvalue weighted by molar-refractivity contribution is 6.30. The number of rotatable bonds is 4. The molecule has 59 valence electrons. The zero-order valence-electron chi connectivity index (χ0n) is 6.33. The van der Waals surface area contributed by atoms with Gasteiger partial charge in [-0.25, -0.2) is 0 Å². The molecule has 2 N–H and O–H groups in total. The van der Waals surface area contributed by atoms with Gasteiger partial charge in [-0.05, 0) is 13.2 Å². The fourth-order valence-electron chi connectivity index (χ4n) is 1.08. The SMILES string of the molecule is C[C@@H]1NC(=O)[C@@H]1C[B]OC=N. The minimum Gasteiger partial charge on any atom is -0.556 e. The van der Waals surface area contributed by atoms with Crippen LogP contribution in [0.2, 0.25) is 6.32 Å². The monoisotopic (exact) mass is 153 g/mol. The zero-order valence-corrected chi connectivity index (χ0v) is 6.33. The number of nitrogens with one attached hydrogen (secondary N) is 2. The first-order chi connectivity index (χ1) is 5.25. The largest absolute Gasteiger partial charge is 0.556 e. The van der Waals surface area contributed by atoms with E-state index in [9.17, 15) is 4.79 Å². The quantitative estimate of drug-likeness (QED) is 0.193. The van der Waals surface area contributed by atoms with Crippen molar-refractivity contribution in [3.8, 4) is 0 Å². The van der Waals surface area contributed by atoms with Crippen LogP contribution in [0.3, 0.4) is 0 Å². The predicted molar refractivity (Wildman–Crippen MR) is 41.5 cm³/mol. The van der Waals surface area contributed by atoms with Gasteiger partial charge in [0.15, 0.2) is 0 Å². The van der Waals surface area contributed by atoms with Crippen LogP contribution in [0.1, 0.15) is 6.92 Å². The molecule has 1 rings (SSSR count). The molecule has 0 aromatic heterocycles. The van der Waals surface area contributed by atoms with E-state index in [-0.39, 0.29) is 17.9 Å². The van der Waals surface area contributed by atoms with Gasteiger partial charge in [-0.3, -0.25) is 10.2 Å². The number of hydrogen-bond acceptors (Lipinski definition) is 3. The van der Waals surface area contributed by atoms with Crippen molar-refractivity contribution in [1.82, 2.24) is 5.32 Å². The number of hydrogen-bond donors (Lipinski definition) is 2. The summed E-state index contributed by atoms with van der Waals surface area (Å²) in [5.41, 5.74) is 0. The van der Waals surface area contributed by atoms with E-state index < -0.39 is 0 Å². The van der Waals surface area contributed by atoms with Gasteiger partial charge < -0.3 is 9.97 Å². The number of amides is 1. The third-order valence-electron chi connectivity index (χ3n) is 1.82. The van der Waals surface area contributed by atoms with Gasteiger partial charge in [0, 0.05) is 6.04 Å². The Bertz CT molecular complexity index is 174. The van der Waals surface area contributed by atoms with Crippen LogP contribution in [-0.2, 0) is 9.45 Å². The van der Waals surface area contributed by atoms with Crippen LogP contribution < -0.4 is 5.32 Å². The third-order valence-corrected chi connectivity index (χ3v) is 1.82. The maximum Gasteiger partial charge on any atom is 0.372 e. The molecule has 5 heteroatoms. The standard InChI is InChI=1S/C6H10BN2O2/c1-4-5(6(10)9-4)2-7-11-3-8/h3-5,8H,2H2,1H3,(H,9,10)/t4-,5+/m0/s1. The maximum absolute atomic E-state index is 10.8. The molecule has 1 fully saturated rings. The van der Waals surface area contributed by atoms with E-state index in [1.807, 2.05) is 6.92 Å². The van der Waals surface area contributed by atoms with Crippen molar-refractivity contribution >= 4 is 19.8 Å². The van der Waals surface area contributed by atoms with Gasteiger partial charge in [0.25, 0.3) is 0 Å². The van der Waals surface area contributed by atoms with Gasteiger partial charge >= 0.3 is 7.48 Å². The second-order valence-corrected chi connectivity index (χ2v) is 2.56. The van der Waals surface area contributed by atoms with E-state index in [0.29, 0.717) is 6.32 Å². The lowest BCUT2D eigenvalue weighted by molar-refractivity contribution is -0.133. The lowest BCUT2D eigenvalue weighted by Gasteiger charge is -2.33. The summed E-state index contributed by atoms with van der Waals surface area (Å²) in [7, 11) is 1.48. The van der Waals surface area contributed by atoms with Gasteiger partial charge in [-0.1, -0.05) is 0 Å². The van der Waals surface area contributed by atoms with Crippen molar-refractivity contribution in [2.45, 2.75) is 19.3 Å². The Labute approximate surface area is 66.1 Å².